The summed E-state index contributed by atoms with van der Waals surface area (Å²) in [5, 5.41) is 2.96. The second-order valence-corrected chi connectivity index (χ2v) is 10.4. The maximum atomic E-state index is 12.9. The van der Waals surface area contributed by atoms with E-state index in [2.05, 4.69) is 25.2 Å². The predicted octanol–water partition coefficient (Wildman–Crippen LogP) is 4.39. The molecule has 7 heteroatoms. The van der Waals surface area contributed by atoms with E-state index in [1.165, 1.54) is 0 Å². The summed E-state index contributed by atoms with van der Waals surface area (Å²) in [6.45, 7) is 11.5. The summed E-state index contributed by atoms with van der Waals surface area (Å²) in [5.74, 6) is 0.732. The molecule has 170 valence electrons. The minimum absolute atomic E-state index is 0.266. The monoisotopic (exact) mass is 446 g/mol. The lowest BCUT2D eigenvalue weighted by Crippen LogP contribution is -2.41. The number of ether oxygens (including phenoxy) is 1. The van der Waals surface area contributed by atoms with E-state index in [1.807, 2.05) is 45.9 Å². The second kappa shape index (κ2) is 9.73. The van der Waals surface area contributed by atoms with Crippen molar-refractivity contribution >= 4 is 21.6 Å². The summed E-state index contributed by atoms with van der Waals surface area (Å²) in [7, 11) is -1.98. The number of hydrogen-bond acceptors (Lipinski definition) is 4. The number of sulfonamides is 1. The second-order valence-electron chi connectivity index (χ2n) is 8.45. The fourth-order valence-electron chi connectivity index (χ4n) is 3.67. The van der Waals surface area contributed by atoms with Crippen LogP contribution in [0.2, 0.25) is 0 Å². The molecule has 0 bridgehead atoms. The van der Waals surface area contributed by atoms with Crippen LogP contribution in [0.4, 0.5) is 5.69 Å². The van der Waals surface area contributed by atoms with Crippen molar-refractivity contribution in [3.8, 4) is 5.75 Å². The minimum atomic E-state index is -3.63. The first-order valence-corrected chi connectivity index (χ1v) is 12.2. The van der Waals surface area contributed by atoms with Gasteiger partial charge in [-0.15, -0.1) is 0 Å². The lowest BCUT2D eigenvalue weighted by Gasteiger charge is -2.26. The Morgan fingerprint density at radius 3 is 2.23 bits per heavy atom. The van der Waals surface area contributed by atoms with Crippen LogP contribution in [0.15, 0.2) is 30.3 Å². The Morgan fingerprint density at radius 1 is 1.03 bits per heavy atom. The summed E-state index contributed by atoms with van der Waals surface area (Å²) in [6.07, 6.45) is 1.12. The van der Waals surface area contributed by atoms with Crippen molar-refractivity contribution in [3.63, 3.8) is 0 Å². The molecule has 0 saturated heterocycles. The first kappa shape index (κ1) is 24.7. The Labute approximate surface area is 186 Å². The van der Waals surface area contributed by atoms with E-state index < -0.39 is 10.0 Å². The first-order chi connectivity index (χ1) is 14.3. The molecule has 0 aliphatic rings. The number of amides is 1. The van der Waals surface area contributed by atoms with Gasteiger partial charge in [-0.3, -0.25) is 9.10 Å². The van der Waals surface area contributed by atoms with Gasteiger partial charge in [0.1, 0.15) is 12.3 Å². The van der Waals surface area contributed by atoms with Crippen LogP contribution in [-0.2, 0) is 14.8 Å². The van der Waals surface area contributed by atoms with E-state index in [4.69, 9.17) is 4.74 Å². The largest absolute Gasteiger partial charge is 0.496 e. The number of methoxy groups -OCH3 is 1. The van der Waals surface area contributed by atoms with Crippen molar-refractivity contribution in [2.75, 3.05) is 24.2 Å². The lowest BCUT2D eigenvalue weighted by atomic mass is 9.93. The number of aryl methyl sites for hydroxylation is 3. The molecule has 0 spiro atoms. The summed E-state index contributed by atoms with van der Waals surface area (Å²) >= 11 is 0. The Bertz CT molecular complexity index is 1060. The van der Waals surface area contributed by atoms with Crippen molar-refractivity contribution < 1.29 is 17.9 Å². The molecule has 2 rings (SSSR count). The van der Waals surface area contributed by atoms with Crippen LogP contribution in [-0.4, -0.2) is 34.2 Å². The smallest absolute Gasteiger partial charge is 0.241 e. The van der Waals surface area contributed by atoms with Crippen LogP contribution in [0.1, 0.15) is 60.5 Å². The maximum absolute atomic E-state index is 12.9. The zero-order valence-electron chi connectivity index (χ0n) is 19.7. The summed E-state index contributed by atoms with van der Waals surface area (Å²) in [5.41, 5.74) is 5.30. The molecular weight excluding hydrogens is 412 g/mol. The summed E-state index contributed by atoms with van der Waals surface area (Å²) < 4.78 is 31.6. The van der Waals surface area contributed by atoms with Crippen molar-refractivity contribution in [2.24, 2.45) is 0 Å². The quantitative estimate of drug-likeness (QED) is 0.653. The normalized spacial score (nSPS) is 12.5. The highest BCUT2D eigenvalue weighted by Crippen LogP contribution is 2.32. The molecule has 0 heterocycles. The first-order valence-electron chi connectivity index (χ1n) is 10.4. The number of nitrogens with one attached hydrogen (secondary N) is 1. The van der Waals surface area contributed by atoms with Gasteiger partial charge in [-0.05, 0) is 79.6 Å². The van der Waals surface area contributed by atoms with Gasteiger partial charge in [0.2, 0.25) is 15.9 Å². The average molecular weight is 447 g/mol. The Hall–Kier alpha value is -2.54. The van der Waals surface area contributed by atoms with Crippen molar-refractivity contribution in [2.45, 2.75) is 53.5 Å². The molecule has 1 atom stereocenters. The van der Waals surface area contributed by atoms with Gasteiger partial charge in [0, 0.05) is 0 Å². The number of anilines is 1. The number of rotatable bonds is 8. The van der Waals surface area contributed by atoms with E-state index >= 15 is 0 Å². The Morgan fingerprint density at radius 2 is 1.68 bits per heavy atom. The Kier molecular flexibility index (Phi) is 7.76. The molecule has 0 aromatic heterocycles. The lowest BCUT2D eigenvalue weighted by molar-refractivity contribution is -0.120. The molecule has 0 unspecified atom stereocenters. The van der Waals surface area contributed by atoms with E-state index in [-0.39, 0.29) is 24.4 Å². The SMILES string of the molecule is COc1cc(C)c([C@@H](C)NC(=O)CN(c2cc(C)ccc2C)S(C)(=O)=O)cc1C(C)C. The van der Waals surface area contributed by atoms with Crippen LogP contribution in [0.3, 0.4) is 0 Å². The number of carbonyl (C=O) groups is 1. The highest BCUT2D eigenvalue weighted by Gasteiger charge is 2.24. The number of carbonyl (C=O) groups excluding carboxylic acids is 1. The van der Waals surface area contributed by atoms with Gasteiger partial charge in [-0.1, -0.05) is 26.0 Å². The fourth-order valence-corrected chi connectivity index (χ4v) is 4.58. The van der Waals surface area contributed by atoms with Crippen molar-refractivity contribution in [1.82, 2.24) is 5.32 Å². The van der Waals surface area contributed by atoms with E-state index in [9.17, 15) is 13.2 Å². The molecule has 6 nitrogen and oxygen atoms in total. The van der Waals surface area contributed by atoms with Crippen LogP contribution in [0.25, 0.3) is 0 Å². The number of benzene rings is 2. The third-order valence-electron chi connectivity index (χ3n) is 5.41. The molecular formula is C24H34N2O4S. The van der Waals surface area contributed by atoms with Crippen LogP contribution >= 0.6 is 0 Å². The molecule has 1 amide bonds. The van der Waals surface area contributed by atoms with Crippen molar-refractivity contribution in [3.05, 3.63) is 58.1 Å². The van der Waals surface area contributed by atoms with Gasteiger partial charge in [0.05, 0.1) is 25.1 Å². The molecule has 0 aliphatic carbocycles. The fraction of sp³-hybridized carbons (Fsp3) is 0.458. The zero-order valence-corrected chi connectivity index (χ0v) is 20.6. The molecule has 0 aliphatic heterocycles. The molecule has 1 N–H and O–H groups in total. The maximum Gasteiger partial charge on any atom is 0.241 e. The van der Waals surface area contributed by atoms with Gasteiger partial charge < -0.3 is 10.1 Å². The van der Waals surface area contributed by atoms with E-state index in [0.717, 1.165) is 44.1 Å². The molecule has 2 aromatic rings. The molecule has 2 aromatic carbocycles. The topological polar surface area (TPSA) is 75.7 Å². The van der Waals surface area contributed by atoms with E-state index in [1.54, 1.807) is 13.2 Å². The summed E-state index contributed by atoms with van der Waals surface area (Å²) in [4.78, 5) is 12.9. The van der Waals surface area contributed by atoms with Gasteiger partial charge in [-0.25, -0.2) is 8.42 Å². The molecule has 0 radical (unpaired) electrons. The van der Waals surface area contributed by atoms with Crippen LogP contribution in [0.5, 0.6) is 5.75 Å². The van der Waals surface area contributed by atoms with Gasteiger partial charge in [0.15, 0.2) is 0 Å². The van der Waals surface area contributed by atoms with Gasteiger partial charge in [0.25, 0.3) is 0 Å². The predicted molar refractivity (Wildman–Crippen MR) is 126 cm³/mol. The average Bonchev–Trinajstić information content (AvgIpc) is 2.66. The molecule has 0 saturated carbocycles. The molecule has 0 fully saturated rings. The highest BCUT2D eigenvalue weighted by molar-refractivity contribution is 7.92. The van der Waals surface area contributed by atoms with Crippen molar-refractivity contribution in [1.29, 1.82) is 0 Å². The molecule has 31 heavy (non-hydrogen) atoms. The number of nitrogens with zero attached hydrogens (tertiary/aromatic N) is 1. The third-order valence-corrected chi connectivity index (χ3v) is 6.53. The van der Waals surface area contributed by atoms with Crippen LogP contribution < -0.4 is 14.4 Å². The Balaban J connectivity index is 2.29. The minimum Gasteiger partial charge on any atom is -0.496 e. The van der Waals surface area contributed by atoms with Crippen LogP contribution in [0, 0.1) is 20.8 Å². The van der Waals surface area contributed by atoms with E-state index in [0.29, 0.717) is 5.69 Å². The third kappa shape index (κ3) is 6.00. The van der Waals surface area contributed by atoms with Gasteiger partial charge in [-0.2, -0.15) is 0 Å². The number of hydrogen-bond donors (Lipinski definition) is 1. The van der Waals surface area contributed by atoms with Gasteiger partial charge >= 0.3 is 0 Å². The standard InChI is InChI=1S/C24H34N2O4S/c1-15(2)20-13-21(18(5)12-23(20)30-7)19(6)25-24(27)14-26(31(8,28)29)22-11-16(3)9-10-17(22)4/h9-13,15,19H,14H2,1-8H3,(H,25,27)/t19-/m1/s1. The summed E-state index contributed by atoms with van der Waals surface area (Å²) in [6, 6.07) is 9.32. The zero-order chi connectivity index (χ0) is 23.5. The highest BCUT2D eigenvalue weighted by atomic mass is 32.2.